The third-order valence-corrected chi connectivity index (χ3v) is 48.8. The maximum absolute atomic E-state index is 9.85. The Hall–Kier alpha value is 0.348. The molecule has 0 aromatic rings. The first kappa shape index (κ1) is 89.7. The molecule has 8 saturated carbocycles. The van der Waals surface area contributed by atoms with E-state index in [-0.39, 0.29) is 124 Å². The van der Waals surface area contributed by atoms with E-state index in [2.05, 4.69) is 163 Å². The van der Waals surface area contributed by atoms with Gasteiger partial charge in [0.05, 0.1) is 0 Å². The summed E-state index contributed by atoms with van der Waals surface area (Å²) < 4.78 is 27.5. The Morgan fingerprint density at radius 2 is 0.464 bits per heavy atom. The lowest BCUT2D eigenvalue weighted by Gasteiger charge is -2.50. The predicted octanol–water partition coefficient (Wildman–Crippen LogP) is 17.5. The number of fused-ring (bicyclic) bond motifs is 4. The standard InChI is InChI=1S/4C20H40O3Si.H2O/c4*1-19(2,3)24(5,6)23-18-8-7-12-20(4)16(9-10-17(18)20)15(14-22)11-13-21;/h4*15-18,21-22H,7-14H2,1-6H3;1H2/t4*15-,16+,17-,18-,20+;/m0000./s1. The molecular weight excluding hydrogens is 1280 g/mol. The number of aliphatic hydroxyl groups is 8. The van der Waals surface area contributed by atoms with Crippen LogP contribution in [0, 0.1) is 92.7 Å². The number of hydrogen-bond acceptors (Lipinski definition) is 12. The Morgan fingerprint density at radius 3 is 0.598 bits per heavy atom. The molecule has 0 radical (unpaired) electrons. The van der Waals surface area contributed by atoms with E-state index >= 15 is 0 Å². The first-order valence-corrected chi connectivity index (χ1v) is 51.5. The van der Waals surface area contributed by atoms with E-state index in [1.165, 1.54) is 128 Å². The van der Waals surface area contributed by atoms with Crippen LogP contribution in [0.1, 0.15) is 265 Å². The van der Waals surface area contributed by atoms with Crippen molar-refractivity contribution in [2.24, 2.45) is 92.7 Å². The fraction of sp³-hybridized carbons (Fsp3) is 1.00. The molecule has 0 aromatic carbocycles. The van der Waals surface area contributed by atoms with Gasteiger partial charge < -0.3 is 64.0 Å². The van der Waals surface area contributed by atoms with E-state index in [1.54, 1.807) is 0 Å². The fourth-order valence-electron chi connectivity index (χ4n) is 20.9. The van der Waals surface area contributed by atoms with Crippen LogP contribution in [-0.2, 0) is 17.7 Å². The summed E-state index contributed by atoms with van der Waals surface area (Å²) in [6.45, 7) is 58.2. The van der Waals surface area contributed by atoms with Crippen LogP contribution in [0.3, 0.4) is 0 Å². The molecule has 0 unspecified atom stereocenters. The van der Waals surface area contributed by atoms with Crippen LogP contribution < -0.4 is 0 Å². The van der Waals surface area contributed by atoms with Gasteiger partial charge in [-0.15, -0.1) is 0 Å². The molecule has 8 aliphatic carbocycles. The highest BCUT2D eigenvalue weighted by Gasteiger charge is 2.60. The minimum Gasteiger partial charge on any atom is -0.414 e. The minimum absolute atomic E-state index is 0. The van der Waals surface area contributed by atoms with Crippen LogP contribution in [0.5, 0.6) is 0 Å². The number of rotatable bonds is 24. The zero-order valence-corrected chi connectivity index (χ0v) is 71.6. The van der Waals surface area contributed by atoms with Crippen molar-refractivity contribution < 1.29 is 64.0 Å². The smallest absolute Gasteiger partial charge is 0.192 e. The van der Waals surface area contributed by atoms with Crippen molar-refractivity contribution in [2.75, 3.05) is 52.9 Å². The molecule has 97 heavy (non-hydrogen) atoms. The highest BCUT2D eigenvalue weighted by atomic mass is 28.4. The Balaban J connectivity index is 0.000000274. The maximum atomic E-state index is 9.85. The molecule has 17 heteroatoms. The Morgan fingerprint density at radius 1 is 0.299 bits per heavy atom. The fourth-order valence-corrected chi connectivity index (χ4v) is 26.4. The highest BCUT2D eigenvalue weighted by Crippen LogP contribution is 2.64. The first-order valence-electron chi connectivity index (χ1n) is 39.8. The lowest BCUT2D eigenvalue weighted by atomic mass is 9.61. The van der Waals surface area contributed by atoms with Gasteiger partial charge in [-0.1, -0.05) is 136 Å². The molecule has 576 valence electrons. The average molecular weight is 1440 g/mol. The zero-order valence-electron chi connectivity index (χ0n) is 67.6. The van der Waals surface area contributed by atoms with Gasteiger partial charge in [-0.2, -0.15) is 0 Å². The Bertz CT molecular complexity index is 1990. The molecule has 0 saturated heterocycles. The van der Waals surface area contributed by atoms with Crippen molar-refractivity contribution in [1.29, 1.82) is 0 Å². The molecule has 0 heterocycles. The molecule has 0 amide bonds. The van der Waals surface area contributed by atoms with Crippen LogP contribution >= 0.6 is 0 Å². The van der Waals surface area contributed by atoms with Gasteiger partial charge in [-0.3, -0.25) is 0 Å². The molecule has 8 aliphatic rings. The lowest BCUT2D eigenvalue weighted by molar-refractivity contribution is -0.0317. The van der Waals surface area contributed by atoms with Gasteiger partial charge in [-0.25, -0.2) is 0 Å². The third kappa shape index (κ3) is 20.5. The van der Waals surface area contributed by atoms with Gasteiger partial charge >= 0.3 is 0 Å². The molecule has 0 aliphatic heterocycles. The van der Waals surface area contributed by atoms with Gasteiger partial charge in [0.15, 0.2) is 33.3 Å². The van der Waals surface area contributed by atoms with Gasteiger partial charge in [0, 0.05) is 77.3 Å². The average Bonchev–Trinajstić information content (AvgIpc) is 1.65. The van der Waals surface area contributed by atoms with Crippen molar-refractivity contribution in [1.82, 2.24) is 0 Å². The monoisotopic (exact) mass is 1440 g/mol. The van der Waals surface area contributed by atoms with Crippen molar-refractivity contribution in [3.05, 3.63) is 0 Å². The van der Waals surface area contributed by atoms with E-state index in [0.717, 1.165) is 25.7 Å². The molecule has 8 rings (SSSR count). The van der Waals surface area contributed by atoms with Crippen molar-refractivity contribution in [3.63, 3.8) is 0 Å². The third-order valence-electron chi connectivity index (χ3n) is 30.8. The second kappa shape index (κ2) is 35.8. The van der Waals surface area contributed by atoms with Crippen molar-refractivity contribution in [3.8, 4) is 0 Å². The lowest BCUT2D eigenvalue weighted by Crippen LogP contribution is -2.50. The van der Waals surface area contributed by atoms with Crippen LogP contribution in [0.2, 0.25) is 72.5 Å². The number of aliphatic hydroxyl groups excluding tert-OH is 8. The van der Waals surface area contributed by atoms with Crippen molar-refractivity contribution >= 4 is 33.3 Å². The summed E-state index contributed by atoms with van der Waals surface area (Å²) in [5.41, 5.74) is 1.09. The molecular formula is C80H162O13Si4. The SMILES string of the molecule is CC(C)(C)[Si](C)(C)O[C@H]1CCC[C@]2(C)[C@@H]([C@H](CO)CCO)CC[C@@H]12.CC(C)(C)[Si](C)(C)O[C@H]1CCC[C@]2(C)[C@@H]([C@H](CO)CCO)CC[C@@H]12.CC(C)(C)[Si](C)(C)O[C@H]1CCC[C@]2(C)[C@@H]([C@H](CO)CCO)CC[C@@H]12.CC(C)(C)[Si](C)(C)O[C@H]1CCC[C@]2(C)[C@@H]([C@H](CO)CCO)CC[C@@H]12.O. The van der Waals surface area contributed by atoms with Crippen LogP contribution in [0.25, 0.3) is 0 Å². The van der Waals surface area contributed by atoms with E-state index in [9.17, 15) is 40.9 Å². The van der Waals surface area contributed by atoms with E-state index < -0.39 is 33.3 Å². The summed E-state index contributed by atoms with van der Waals surface area (Å²) in [6, 6.07) is 0. The van der Waals surface area contributed by atoms with Crippen LogP contribution in [-0.4, -0.2) is 157 Å². The predicted molar refractivity (Wildman–Crippen MR) is 414 cm³/mol. The van der Waals surface area contributed by atoms with Gasteiger partial charge in [0.2, 0.25) is 0 Å². The van der Waals surface area contributed by atoms with Crippen LogP contribution in [0.4, 0.5) is 0 Å². The second-order valence-electron chi connectivity index (χ2n) is 40.2. The quantitative estimate of drug-likeness (QED) is 0.0422. The van der Waals surface area contributed by atoms with Gasteiger partial charge in [0.1, 0.15) is 0 Å². The molecule has 0 aromatic heterocycles. The highest BCUT2D eigenvalue weighted by molar-refractivity contribution is 6.75. The van der Waals surface area contributed by atoms with E-state index in [1.807, 2.05) is 0 Å². The van der Waals surface area contributed by atoms with E-state index in [4.69, 9.17) is 17.7 Å². The van der Waals surface area contributed by atoms with Gasteiger partial charge in [0.25, 0.3) is 0 Å². The molecule has 8 fully saturated rings. The number of hydrogen-bond donors (Lipinski definition) is 8. The molecule has 0 spiro atoms. The first-order chi connectivity index (χ1) is 44.3. The van der Waals surface area contributed by atoms with Crippen LogP contribution in [0.15, 0.2) is 0 Å². The largest absolute Gasteiger partial charge is 0.414 e. The van der Waals surface area contributed by atoms with E-state index in [0.29, 0.717) is 71.8 Å². The van der Waals surface area contributed by atoms with Crippen molar-refractivity contribution in [2.45, 2.75) is 362 Å². The minimum atomic E-state index is -1.75. The zero-order chi connectivity index (χ0) is 72.7. The molecule has 0 bridgehead atoms. The maximum Gasteiger partial charge on any atom is 0.192 e. The topological polar surface area (TPSA) is 230 Å². The second-order valence-corrected chi connectivity index (χ2v) is 59.3. The Kier molecular flexibility index (Phi) is 33.2. The Labute approximate surface area is 601 Å². The molecule has 13 nitrogen and oxygen atoms in total. The summed E-state index contributed by atoms with van der Waals surface area (Å²) in [5.74, 6) is 5.61. The molecule has 10 N–H and O–H groups in total. The molecule has 20 atom stereocenters. The van der Waals surface area contributed by atoms with Gasteiger partial charge in [-0.05, 0) is 294 Å². The summed E-state index contributed by atoms with van der Waals surface area (Å²) in [7, 11) is -6.99. The summed E-state index contributed by atoms with van der Waals surface area (Å²) in [6.07, 6.45) is 28.9. The summed E-state index contributed by atoms with van der Waals surface area (Å²) >= 11 is 0. The summed E-state index contributed by atoms with van der Waals surface area (Å²) in [5, 5.41) is 77.9. The summed E-state index contributed by atoms with van der Waals surface area (Å²) in [4.78, 5) is 0. The normalized spacial score (nSPS) is 35.4.